The van der Waals surface area contributed by atoms with E-state index in [4.69, 9.17) is 0 Å². The normalized spacial score (nSPS) is 11.1. The highest BCUT2D eigenvalue weighted by molar-refractivity contribution is 6.05. The maximum atomic E-state index is 12.8. The molecule has 0 aromatic heterocycles. The summed E-state index contributed by atoms with van der Waals surface area (Å²) in [5.41, 5.74) is 1.07. The lowest BCUT2D eigenvalue weighted by Crippen LogP contribution is -2.20. The Morgan fingerprint density at radius 2 is 1.36 bits per heavy atom. The monoisotopic (exact) mass is 299 g/mol. The third-order valence-corrected chi connectivity index (χ3v) is 3.19. The van der Waals surface area contributed by atoms with Crippen molar-refractivity contribution in [2.75, 3.05) is 5.32 Å². The zero-order valence-corrected chi connectivity index (χ0v) is 12.8. The Hall–Kier alpha value is -2.49. The second-order valence-corrected chi connectivity index (χ2v) is 6.12. The average Bonchev–Trinajstić information content (AvgIpc) is 2.48. The Kier molecular flexibility index (Phi) is 4.40. The van der Waals surface area contributed by atoms with Crippen molar-refractivity contribution in [2.45, 2.75) is 20.8 Å². The summed E-state index contributed by atoms with van der Waals surface area (Å²) in [7, 11) is 0. The molecule has 0 heterocycles. The quantitative estimate of drug-likeness (QED) is 0.859. The molecule has 0 radical (unpaired) electrons. The molecule has 0 spiro atoms. The predicted octanol–water partition coefficient (Wildman–Crippen LogP) is 4.31. The second-order valence-electron chi connectivity index (χ2n) is 6.12. The zero-order valence-electron chi connectivity index (χ0n) is 12.8. The first kappa shape index (κ1) is 15.9. The van der Waals surface area contributed by atoms with E-state index in [0.717, 1.165) is 0 Å². The van der Waals surface area contributed by atoms with Gasteiger partial charge in [-0.05, 0) is 36.4 Å². The van der Waals surface area contributed by atoms with E-state index in [2.05, 4.69) is 5.32 Å². The van der Waals surface area contributed by atoms with Crippen LogP contribution < -0.4 is 5.32 Å². The first-order valence-electron chi connectivity index (χ1n) is 6.99. The molecular formula is C18H18FNO2. The lowest BCUT2D eigenvalue weighted by molar-refractivity contribution is 0.0857. The van der Waals surface area contributed by atoms with Gasteiger partial charge >= 0.3 is 0 Å². The van der Waals surface area contributed by atoms with Crippen LogP contribution in [0.25, 0.3) is 0 Å². The Morgan fingerprint density at radius 1 is 0.864 bits per heavy atom. The molecule has 1 N–H and O–H groups in total. The average molecular weight is 299 g/mol. The van der Waals surface area contributed by atoms with E-state index in [1.165, 1.54) is 24.3 Å². The summed E-state index contributed by atoms with van der Waals surface area (Å²) < 4.78 is 12.8. The van der Waals surface area contributed by atoms with E-state index in [0.29, 0.717) is 16.8 Å². The van der Waals surface area contributed by atoms with Crippen molar-refractivity contribution in [2.24, 2.45) is 5.41 Å². The van der Waals surface area contributed by atoms with Crippen molar-refractivity contribution in [1.82, 2.24) is 0 Å². The molecule has 0 aliphatic heterocycles. The Labute approximate surface area is 129 Å². The summed E-state index contributed by atoms with van der Waals surface area (Å²) in [6.07, 6.45) is 0. The van der Waals surface area contributed by atoms with Gasteiger partial charge in [0.05, 0.1) is 0 Å². The van der Waals surface area contributed by atoms with Gasteiger partial charge in [-0.2, -0.15) is 0 Å². The number of amides is 1. The van der Waals surface area contributed by atoms with Gasteiger partial charge in [-0.1, -0.05) is 32.9 Å². The minimum Gasteiger partial charge on any atom is -0.322 e. The van der Waals surface area contributed by atoms with Crippen LogP contribution in [0.5, 0.6) is 0 Å². The number of carbonyl (C=O) groups is 2. The highest BCUT2D eigenvalue weighted by Crippen LogP contribution is 2.21. The molecule has 22 heavy (non-hydrogen) atoms. The van der Waals surface area contributed by atoms with Crippen molar-refractivity contribution in [3.8, 4) is 0 Å². The van der Waals surface area contributed by atoms with Crippen molar-refractivity contribution in [3.63, 3.8) is 0 Å². The Bertz CT molecular complexity index is 683. The molecule has 0 saturated carbocycles. The second kappa shape index (κ2) is 6.10. The highest BCUT2D eigenvalue weighted by Gasteiger charge is 2.22. The molecule has 2 aromatic carbocycles. The van der Waals surface area contributed by atoms with Gasteiger partial charge in [-0.3, -0.25) is 9.59 Å². The fourth-order valence-electron chi connectivity index (χ4n) is 1.94. The van der Waals surface area contributed by atoms with Crippen LogP contribution in [0, 0.1) is 11.2 Å². The van der Waals surface area contributed by atoms with Crippen LogP contribution in [0.4, 0.5) is 10.1 Å². The molecule has 0 saturated heterocycles. The van der Waals surface area contributed by atoms with E-state index in [9.17, 15) is 14.0 Å². The lowest BCUT2D eigenvalue weighted by Gasteiger charge is -2.16. The number of Topliss-reactive ketones (excluding diaryl/α,β-unsaturated/α-hetero) is 1. The van der Waals surface area contributed by atoms with Crippen LogP contribution in [0.15, 0.2) is 48.5 Å². The van der Waals surface area contributed by atoms with Gasteiger partial charge in [-0.25, -0.2) is 4.39 Å². The van der Waals surface area contributed by atoms with E-state index in [1.807, 2.05) is 20.8 Å². The molecule has 0 atom stereocenters. The fraction of sp³-hybridized carbons (Fsp3) is 0.222. The number of carbonyl (C=O) groups excluding carboxylic acids is 2. The van der Waals surface area contributed by atoms with E-state index >= 15 is 0 Å². The van der Waals surface area contributed by atoms with E-state index in [-0.39, 0.29) is 17.5 Å². The van der Waals surface area contributed by atoms with Crippen LogP contribution in [-0.4, -0.2) is 11.7 Å². The maximum absolute atomic E-state index is 12.8. The summed E-state index contributed by atoms with van der Waals surface area (Å²) in [4.78, 5) is 24.2. The Morgan fingerprint density at radius 3 is 1.86 bits per heavy atom. The standard InChI is InChI=1S/C18H18FNO2/c1-18(2,3)16(21)12-4-6-13(7-5-12)17(22)20-15-10-8-14(19)9-11-15/h4-11H,1-3H3,(H,20,22). The largest absolute Gasteiger partial charge is 0.322 e. The van der Waals surface area contributed by atoms with Gasteiger partial charge in [0, 0.05) is 22.2 Å². The van der Waals surface area contributed by atoms with Crippen LogP contribution in [-0.2, 0) is 0 Å². The van der Waals surface area contributed by atoms with Gasteiger partial charge in [0.1, 0.15) is 5.82 Å². The molecule has 0 fully saturated rings. The van der Waals surface area contributed by atoms with Crippen LogP contribution in [0.3, 0.4) is 0 Å². The number of nitrogens with one attached hydrogen (secondary N) is 1. The van der Waals surface area contributed by atoms with Crippen LogP contribution in [0.1, 0.15) is 41.5 Å². The first-order chi connectivity index (χ1) is 10.3. The predicted molar refractivity (Wildman–Crippen MR) is 84.6 cm³/mol. The number of halogens is 1. The number of anilines is 1. The minimum atomic E-state index is -0.460. The number of ketones is 1. The molecule has 0 aliphatic rings. The lowest BCUT2D eigenvalue weighted by atomic mass is 9.86. The summed E-state index contributed by atoms with van der Waals surface area (Å²) in [6.45, 7) is 5.56. The van der Waals surface area contributed by atoms with E-state index in [1.54, 1.807) is 24.3 Å². The third-order valence-electron chi connectivity index (χ3n) is 3.19. The summed E-state index contributed by atoms with van der Waals surface area (Å²) in [5.74, 6) is -0.637. The van der Waals surface area contributed by atoms with Gasteiger partial charge in [0.15, 0.2) is 5.78 Å². The van der Waals surface area contributed by atoms with Crippen molar-refractivity contribution in [3.05, 3.63) is 65.5 Å². The van der Waals surface area contributed by atoms with Gasteiger partial charge in [0.25, 0.3) is 5.91 Å². The molecule has 3 nitrogen and oxygen atoms in total. The molecular weight excluding hydrogens is 281 g/mol. The van der Waals surface area contributed by atoms with Gasteiger partial charge in [-0.15, -0.1) is 0 Å². The number of hydrogen-bond acceptors (Lipinski definition) is 2. The fourth-order valence-corrected chi connectivity index (χ4v) is 1.94. The molecule has 2 rings (SSSR count). The molecule has 114 valence electrons. The molecule has 0 aliphatic carbocycles. The molecule has 2 aromatic rings. The number of rotatable bonds is 3. The third kappa shape index (κ3) is 3.79. The van der Waals surface area contributed by atoms with Gasteiger partial charge < -0.3 is 5.32 Å². The Balaban J connectivity index is 2.11. The summed E-state index contributed by atoms with van der Waals surface area (Å²) >= 11 is 0. The molecule has 0 bridgehead atoms. The molecule has 4 heteroatoms. The number of benzene rings is 2. The summed E-state index contributed by atoms with van der Waals surface area (Å²) in [6, 6.07) is 12.0. The molecule has 0 unspecified atom stereocenters. The van der Waals surface area contributed by atoms with Gasteiger partial charge in [0.2, 0.25) is 0 Å². The highest BCUT2D eigenvalue weighted by atomic mass is 19.1. The smallest absolute Gasteiger partial charge is 0.255 e. The zero-order chi connectivity index (χ0) is 16.3. The van der Waals surface area contributed by atoms with Crippen LogP contribution >= 0.6 is 0 Å². The SMILES string of the molecule is CC(C)(C)C(=O)c1ccc(C(=O)Nc2ccc(F)cc2)cc1. The van der Waals surface area contributed by atoms with E-state index < -0.39 is 5.41 Å². The van der Waals surface area contributed by atoms with Crippen molar-refractivity contribution >= 4 is 17.4 Å². The molecule has 1 amide bonds. The topological polar surface area (TPSA) is 46.2 Å². The number of hydrogen-bond donors (Lipinski definition) is 1. The van der Waals surface area contributed by atoms with Crippen molar-refractivity contribution in [1.29, 1.82) is 0 Å². The minimum absolute atomic E-state index is 0.0259. The first-order valence-corrected chi connectivity index (χ1v) is 6.99. The maximum Gasteiger partial charge on any atom is 0.255 e. The van der Waals surface area contributed by atoms with Crippen LogP contribution in [0.2, 0.25) is 0 Å². The van der Waals surface area contributed by atoms with Crippen molar-refractivity contribution < 1.29 is 14.0 Å². The summed E-state index contributed by atoms with van der Waals surface area (Å²) in [5, 5.41) is 2.67.